The topological polar surface area (TPSA) is 64.2 Å². The number of likely N-dealkylation sites (tertiary alicyclic amines) is 1. The molecule has 1 saturated heterocycles. The summed E-state index contributed by atoms with van der Waals surface area (Å²) in [4.78, 5) is 14.6. The summed E-state index contributed by atoms with van der Waals surface area (Å²) in [5.41, 5.74) is 2.56. The van der Waals surface area contributed by atoms with E-state index in [1.165, 1.54) is 49.2 Å². The van der Waals surface area contributed by atoms with Crippen molar-refractivity contribution in [2.75, 3.05) is 13.1 Å². The van der Waals surface area contributed by atoms with Gasteiger partial charge in [-0.05, 0) is 80.4 Å². The molecule has 0 radical (unpaired) electrons. The summed E-state index contributed by atoms with van der Waals surface area (Å²) in [6, 6.07) is 11.5. The minimum atomic E-state index is -0.407. The second-order valence-electron chi connectivity index (χ2n) is 8.52. The summed E-state index contributed by atoms with van der Waals surface area (Å²) in [6.07, 6.45) is 3.61. The molecule has 0 unspecified atom stereocenters. The average molecular weight is 499 g/mol. The van der Waals surface area contributed by atoms with Crippen LogP contribution in [-0.2, 0) is 12.3 Å². The SMILES string of the molecule is Cc1cc2oc(=O)cc(CSc3nnc(CN4CCCCC4)n3-c3ccc(F)cc3)c2cc1Cl. The highest BCUT2D eigenvalue weighted by Crippen LogP contribution is 2.31. The van der Waals surface area contributed by atoms with E-state index in [1.807, 2.05) is 17.6 Å². The molecule has 34 heavy (non-hydrogen) atoms. The van der Waals surface area contributed by atoms with Gasteiger partial charge in [0.05, 0.1) is 6.54 Å². The number of aromatic nitrogens is 3. The lowest BCUT2D eigenvalue weighted by Crippen LogP contribution is -2.30. The van der Waals surface area contributed by atoms with E-state index in [2.05, 4.69) is 15.1 Å². The number of hydrogen-bond acceptors (Lipinski definition) is 6. The molecule has 0 N–H and O–H groups in total. The van der Waals surface area contributed by atoms with Gasteiger partial charge in [0, 0.05) is 27.9 Å². The second kappa shape index (κ2) is 9.90. The van der Waals surface area contributed by atoms with E-state index in [0.29, 0.717) is 28.1 Å². The third-order valence-corrected chi connectivity index (χ3v) is 7.45. The lowest BCUT2D eigenvalue weighted by atomic mass is 10.1. The zero-order valence-electron chi connectivity index (χ0n) is 18.8. The molecule has 0 spiro atoms. The summed E-state index contributed by atoms with van der Waals surface area (Å²) >= 11 is 7.81. The quantitative estimate of drug-likeness (QED) is 0.249. The number of hydrogen-bond donors (Lipinski definition) is 0. The van der Waals surface area contributed by atoms with Gasteiger partial charge in [0.25, 0.3) is 0 Å². The Morgan fingerprint density at radius 3 is 2.62 bits per heavy atom. The third-order valence-electron chi connectivity index (χ3n) is 6.07. The molecule has 1 aliphatic heterocycles. The third kappa shape index (κ3) is 4.89. The van der Waals surface area contributed by atoms with Crippen LogP contribution in [0.15, 0.2) is 56.8 Å². The van der Waals surface area contributed by atoms with Crippen LogP contribution in [0.2, 0.25) is 5.02 Å². The number of piperidine rings is 1. The van der Waals surface area contributed by atoms with Crippen LogP contribution in [-0.4, -0.2) is 32.8 Å². The fourth-order valence-corrected chi connectivity index (χ4v) is 5.40. The molecule has 1 fully saturated rings. The monoisotopic (exact) mass is 498 g/mol. The van der Waals surface area contributed by atoms with Gasteiger partial charge < -0.3 is 4.42 Å². The minimum Gasteiger partial charge on any atom is -0.423 e. The van der Waals surface area contributed by atoms with Crippen LogP contribution in [0.25, 0.3) is 16.7 Å². The van der Waals surface area contributed by atoms with Crippen LogP contribution < -0.4 is 5.63 Å². The normalized spacial score (nSPS) is 14.7. The minimum absolute atomic E-state index is 0.293. The molecule has 0 amide bonds. The smallest absolute Gasteiger partial charge is 0.336 e. The van der Waals surface area contributed by atoms with Crippen molar-refractivity contribution >= 4 is 34.3 Å². The van der Waals surface area contributed by atoms with Crippen LogP contribution in [0.3, 0.4) is 0 Å². The molecule has 176 valence electrons. The van der Waals surface area contributed by atoms with Gasteiger partial charge in [0.15, 0.2) is 11.0 Å². The standard InChI is InChI=1S/C25H24ClFN4O2S/c1-16-11-22-20(13-21(16)26)17(12-24(32)33-22)15-34-25-29-28-23(14-30-9-3-2-4-10-30)31(25)19-7-5-18(27)6-8-19/h5-8,11-13H,2-4,9-10,14-15H2,1H3. The highest BCUT2D eigenvalue weighted by molar-refractivity contribution is 7.98. The van der Waals surface area contributed by atoms with Gasteiger partial charge in [-0.2, -0.15) is 0 Å². The number of thioether (sulfide) groups is 1. The van der Waals surface area contributed by atoms with E-state index in [1.54, 1.807) is 18.2 Å². The highest BCUT2D eigenvalue weighted by atomic mass is 35.5. The molecule has 3 heterocycles. The van der Waals surface area contributed by atoms with Gasteiger partial charge in [-0.1, -0.05) is 29.8 Å². The highest BCUT2D eigenvalue weighted by Gasteiger charge is 2.19. The Bertz CT molecular complexity index is 1380. The second-order valence-corrected chi connectivity index (χ2v) is 9.87. The maximum atomic E-state index is 13.6. The number of fused-ring (bicyclic) bond motifs is 1. The van der Waals surface area contributed by atoms with Crippen molar-refractivity contribution in [2.45, 2.75) is 43.6 Å². The Balaban J connectivity index is 1.48. The molecule has 0 aliphatic carbocycles. The van der Waals surface area contributed by atoms with Crippen LogP contribution in [0.5, 0.6) is 0 Å². The molecular formula is C25H24ClFN4O2S. The maximum Gasteiger partial charge on any atom is 0.336 e. The zero-order valence-corrected chi connectivity index (χ0v) is 20.3. The molecule has 9 heteroatoms. The van der Waals surface area contributed by atoms with Crippen molar-refractivity contribution < 1.29 is 8.81 Å². The largest absolute Gasteiger partial charge is 0.423 e. The summed E-state index contributed by atoms with van der Waals surface area (Å²) in [7, 11) is 0. The Kier molecular flexibility index (Phi) is 6.72. The number of rotatable bonds is 6. The van der Waals surface area contributed by atoms with E-state index in [4.69, 9.17) is 16.0 Å². The van der Waals surface area contributed by atoms with Gasteiger partial charge in [0.1, 0.15) is 11.4 Å². The van der Waals surface area contributed by atoms with Crippen LogP contribution in [0.1, 0.15) is 36.2 Å². The van der Waals surface area contributed by atoms with Crippen LogP contribution >= 0.6 is 23.4 Å². The van der Waals surface area contributed by atoms with Crippen molar-refractivity contribution in [1.29, 1.82) is 0 Å². The van der Waals surface area contributed by atoms with E-state index >= 15 is 0 Å². The first kappa shape index (κ1) is 23.1. The maximum absolute atomic E-state index is 13.6. The first-order valence-corrected chi connectivity index (χ1v) is 12.6. The van der Waals surface area contributed by atoms with E-state index < -0.39 is 5.63 Å². The predicted molar refractivity (Wildman–Crippen MR) is 132 cm³/mol. The number of aryl methyl sites for hydroxylation is 1. The van der Waals surface area contributed by atoms with Crippen molar-refractivity contribution in [3.05, 3.63) is 80.7 Å². The van der Waals surface area contributed by atoms with Crippen LogP contribution in [0, 0.1) is 12.7 Å². The van der Waals surface area contributed by atoms with Crippen molar-refractivity contribution in [1.82, 2.24) is 19.7 Å². The van der Waals surface area contributed by atoms with Crippen LogP contribution in [0.4, 0.5) is 4.39 Å². The average Bonchev–Trinajstić information content (AvgIpc) is 3.22. The van der Waals surface area contributed by atoms with Gasteiger partial charge >= 0.3 is 5.63 Å². The van der Waals surface area contributed by atoms with E-state index in [0.717, 1.165) is 41.1 Å². The molecule has 2 aromatic carbocycles. The Hall–Kier alpha value is -2.68. The molecule has 6 nitrogen and oxygen atoms in total. The molecule has 0 saturated carbocycles. The number of halogens is 2. The molecule has 1 aliphatic rings. The lowest BCUT2D eigenvalue weighted by Gasteiger charge is -2.26. The Labute approximate surface area is 205 Å². The Morgan fingerprint density at radius 1 is 1.09 bits per heavy atom. The summed E-state index contributed by atoms with van der Waals surface area (Å²) in [5.74, 6) is 0.996. The summed E-state index contributed by atoms with van der Waals surface area (Å²) < 4.78 is 21.0. The fourth-order valence-electron chi connectivity index (χ4n) is 4.27. The van der Waals surface area contributed by atoms with Gasteiger partial charge in [0.2, 0.25) is 0 Å². The lowest BCUT2D eigenvalue weighted by molar-refractivity contribution is 0.214. The predicted octanol–water partition coefficient (Wildman–Crippen LogP) is 5.75. The van der Waals surface area contributed by atoms with Crippen molar-refractivity contribution in [2.24, 2.45) is 0 Å². The Morgan fingerprint density at radius 2 is 1.85 bits per heavy atom. The fraction of sp³-hybridized carbons (Fsp3) is 0.320. The van der Waals surface area contributed by atoms with E-state index in [-0.39, 0.29) is 5.82 Å². The first-order valence-electron chi connectivity index (χ1n) is 11.3. The van der Waals surface area contributed by atoms with Crippen molar-refractivity contribution in [3.63, 3.8) is 0 Å². The van der Waals surface area contributed by atoms with E-state index in [9.17, 15) is 9.18 Å². The summed E-state index contributed by atoms with van der Waals surface area (Å²) in [5, 5.41) is 11.0. The summed E-state index contributed by atoms with van der Waals surface area (Å²) in [6.45, 7) is 4.62. The molecule has 4 aromatic rings. The molecule has 2 aromatic heterocycles. The number of benzene rings is 2. The first-order chi connectivity index (χ1) is 16.5. The molecular weight excluding hydrogens is 475 g/mol. The molecule has 0 atom stereocenters. The van der Waals surface area contributed by atoms with Gasteiger partial charge in [-0.25, -0.2) is 9.18 Å². The number of nitrogens with zero attached hydrogens (tertiary/aromatic N) is 4. The van der Waals surface area contributed by atoms with Gasteiger partial charge in [-0.3, -0.25) is 9.47 Å². The van der Waals surface area contributed by atoms with Crippen molar-refractivity contribution in [3.8, 4) is 5.69 Å². The van der Waals surface area contributed by atoms with Gasteiger partial charge in [-0.15, -0.1) is 10.2 Å². The molecule has 0 bridgehead atoms. The molecule has 5 rings (SSSR count). The zero-order chi connectivity index (χ0) is 23.7.